The standard InChI is InChI=1S/C16H27N3S.C9H14/c1-4-19(12-8-11-18-3)13-20-16(14(2)17)15-9-6-5-7-10-15;1-9-7-5-3-2-4-6-8-9/h5-7,9-10,18H,4,8,11-13,17H2,1-3H3;2-3,7H,4-6,8H2,1H3/b16-14-;3-2-,9-7-. The highest BCUT2D eigenvalue weighted by Crippen LogP contribution is 2.29. The Morgan fingerprint density at radius 2 is 1.97 bits per heavy atom. The summed E-state index contributed by atoms with van der Waals surface area (Å²) < 4.78 is 0. The fourth-order valence-corrected chi connectivity index (χ4v) is 4.20. The van der Waals surface area contributed by atoms with E-state index in [1.54, 1.807) is 5.57 Å². The lowest BCUT2D eigenvalue weighted by atomic mass is 10.1. The Bertz CT molecular complexity index is 631. The van der Waals surface area contributed by atoms with Crippen molar-refractivity contribution in [2.75, 3.05) is 32.6 Å². The van der Waals surface area contributed by atoms with Crippen LogP contribution in [0.5, 0.6) is 0 Å². The maximum Gasteiger partial charge on any atom is 0.0492 e. The molecular weight excluding hydrogens is 374 g/mol. The number of nitrogens with one attached hydrogen (secondary N) is 1. The summed E-state index contributed by atoms with van der Waals surface area (Å²) >= 11 is 1.83. The van der Waals surface area contributed by atoms with Gasteiger partial charge < -0.3 is 11.1 Å². The molecule has 1 aliphatic rings. The van der Waals surface area contributed by atoms with Crippen LogP contribution in [0.15, 0.2) is 59.8 Å². The van der Waals surface area contributed by atoms with Gasteiger partial charge in [-0.1, -0.05) is 61.1 Å². The molecule has 4 heteroatoms. The van der Waals surface area contributed by atoms with E-state index in [1.807, 2.05) is 31.8 Å². The lowest BCUT2D eigenvalue weighted by Gasteiger charge is -2.21. The van der Waals surface area contributed by atoms with Gasteiger partial charge >= 0.3 is 0 Å². The van der Waals surface area contributed by atoms with Crippen molar-refractivity contribution in [3.63, 3.8) is 0 Å². The molecule has 0 unspecified atom stereocenters. The molecule has 0 amide bonds. The van der Waals surface area contributed by atoms with Crippen LogP contribution in [0.2, 0.25) is 0 Å². The van der Waals surface area contributed by atoms with Gasteiger partial charge in [0.1, 0.15) is 0 Å². The quantitative estimate of drug-likeness (QED) is 0.294. The molecule has 0 fully saturated rings. The van der Waals surface area contributed by atoms with Gasteiger partial charge in [0.25, 0.3) is 0 Å². The first-order valence-electron chi connectivity index (χ1n) is 10.9. The first-order valence-corrected chi connectivity index (χ1v) is 11.9. The molecule has 29 heavy (non-hydrogen) atoms. The molecule has 0 atom stereocenters. The van der Waals surface area contributed by atoms with Crippen molar-refractivity contribution in [3.8, 4) is 0 Å². The summed E-state index contributed by atoms with van der Waals surface area (Å²) in [7, 11) is 2.00. The van der Waals surface area contributed by atoms with Crippen LogP contribution >= 0.6 is 11.8 Å². The van der Waals surface area contributed by atoms with E-state index in [9.17, 15) is 0 Å². The molecule has 1 aliphatic carbocycles. The lowest BCUT2D eigenvalue weighted by molar-refractivity contribution is 0.333. The third kappa shape index (κ3) is 11.9. The van der Waals surface area contributed by atoms with Crippen LogP contribution in [0.25, 0.3) is 4.91 Å². The first-order chi connectivity index (χ1) is 14.1. The highest BCUT2D eigenvalue weighted by atomic mass is 32.2. The monoisotopic (exact) mass is 415 g/mol. The van der Waals surface area contributed by atoms with Crippen molar-refractivity contribution in [3.05, 3.63) is 65.4 Å². The number of rotatable bonds is 9. The molecule has 2 rings (SSSR count). The molecule has 1 aromatic carbocycles. The Hall–Kier alpha value is -1.49. The van der Waals surface area contributed by atoms with E-state index >= 15 is 0 Å². The zero-order chi connectivity index (χ0) is 21.3. The topological polar surface area (TPSA) is 41.3 Å². The van der Waals surface area contributed by atoms with Crippen LogP contribution in [-0.2, 0) is 0 Å². The smallest absolute Gasteiger partial charge is 0.0492 e. The molecule has 0 spiro atoms. The highest BCUT2D eigenvalue weighted by Gasteiger charge is 2.08. The Morgan fingerprint density at radius 3 is 2.62 bits per heavy atom. The van der Waals surface area contributed by atoms with E-state index in [1.165, 1.54) is 36.2 Å². The van der Waals surface area contributed by atoms with E-state index in [2.05, 4.69) is 66.6 Å². The minimum atomic E-state index is 0.896. The SMILES string of the molecule is C/C1=C/C/C=C\CCC1.CCN(CCCNC)CS/C(=C(/C)N)c1ccccc1. The van der Waals surface area contributed by atoms with Crippen LogP contribution in [0.1, 0.15) is 58.4 Å². The van der Waals surface area contributed by atoms with E-state index < -0.39 is 0 Å². The normalized spacial score (nSPS) is 17.9. The van der Waals surface area contributed by atoms with Crippen LogP contribution < -0.4 is 11.1 Å². The second-order valence-corrected chi connectivity index (χ2v) is 8.42. The Balaban J connectivity index is 0.000000387. The highest BCUT2D eigenvalue weighted by molar-refractivity contribution is 8.08. The predicted octanol–water partition coefficient (Wildman–Crippen LogP) is 6.02. The fraction of sp³-hybridized carbons (Fsp3) is 0.520. The van der Waals surface area contributed by atoms with Crippen molar-refractivity contribution in [1.29, 1.82) is 0 Å². The van der Waals surface area contributed by atoms with E-state index in [0.29, 0.717) is 0 Å². The van der Waals surface area contributed by atoms with Gasteiger partial charge in [0.2, 0.25) is 0 Å². The molecule has 3 N–H and O–H groups in total. The molecule has 0 bridgehead atoms. The third-order valence-corrected chi connectivity index (χ3v) is 6.19. The summed E-state index contributed by atoms with van der Waals surface area (Å²) in [4.78, 5) is 3.64. The van der Waals surface area contributed by atoms with Gasteiger partial charge in [-0.3, -0.25) is 4.90 Å². The second kappa shape index (κ2) is 16.3. The number of allylic oxidation sites excluding steroid dienone is 5. The van der Waals surface area contributed by atoms with E-state index in [0.717, 1.165) is 37.6 Å². The molecular formula is C25H41N3S. The fourth-order valence-electron chi connectivity index (χ4n) is 3.05. The van der Waals surface area contributed by atoms with Crippen molar-refractivity contribution < 1.29 is 0 Å². The molecule has 0 heterocycles. The van der Waals surface area contributed by atoms with Gasteiger partial charge in [-0.25, -0.2) is 0 Å². The Kier molecular flexibility index (Phi) is 14.4. The number of benzene rings is 1. The second-order valence-electron chi connectivity index (χ2n) is 7.47. The number of nitrogens with two attached hydrogens (primary N) is 1. The number of thioether (sulfide) groups is 1. The zero-order valence-electron chi connectivity index (χ0n) is 18.9. The van der Waals surface area contributed by atoms with E-state index in [4.69, 9.17) is 5.73 Å². The van der Waals surface area contributed by atoms with Crippen molar-refractivity contribution in [2.24, 2.45) is 5.73 Å². The maximum absolute atomic E-state index is 6.05. The lowest BCUT2D eigenvalue weighted by Crippen LogP contribution is -2.26. The molecule has 0 aliphatic heterocycles. The molecule has 0 radical (unpaired) electrons. The summed E-state index contributed by atoms with van der Waals surface area (Å²) in [6.45, 7) is 9.67. The molecule has 0 aromatic heterocycles. The number of nitrogens with zero attached hydrogens (tertiary/aromatic N) is 1. The van der Waals surface area contributed by atoms with Gasteiger partial charge in [0.05, 0.1) is 0 Å². The van der Waals surface area contributed by atoms with Gasteiger partial charge in [-0.15, -0.1) is 11.8 Å². The molecule has 0 saturated carbocycles. The summed E-state index contributed by atoms with van der Waals surface area (Å²) in [6, 6.07) is 10.4. The summed E-state index contributed by atoms with van der Waals surface area (Å²) in [5.74, 6) is 0.985. The zero-order valence-corrected chi connectivity index (χ0v) is 19.7. The molecule has 1 aromatic rings. The van der Waals surface area contributed by atoms with Crippen LogP contribution in [-0.4, -0.2) is 37.5 Å². The average molecular weight is 416 g/mol. The van der Waals surface area contributed by atoms with Crippen molar-refractivity contribution in [2.45, 2.75) is 52.9 Å². The minimum absolute atomic E-state index is 0.896. The summed E-state index contributed by atoms with van der Waals surface area (Å²) in [5, 5.41) is 3.19. The number of hydrogen-bond acceptors (Lipinski definition) is 4. The van der Waals surface area contributed by atoms with Gasteiger partial charge in [-0.2, -0.15) is 0 Å². The van der Waals surface area contributed by atoms with Crippen molar-refractivity contribution >= 4 is 16.7 Å². The predicted molar refractivity (Wildman–Crippen MR) is 133 cm³/mol. The van der Waals surface area contributed by atoms with Crippen LogP contribution in [0, 0.1) is 0 Å². The summed E-state index contributed by atoms with van der Waals surface area (Å²) in [6.07, 6.45) is 13.1. The van der Waals surface area contributed by atoms with E-state index in [-0.39, 0.29) is 0 Å². The number of hydrogen-bond donors (Lipinski definition) is 2. The van der Waals surface area contributed by atoms with Crippen LogP contribution in [0.3, 0.4) is 0 Å². The maximum atomic E-state index is 6.05. The van der Waals surface area contributed by atoms with Crippen LogP contribution in [0.4, 0.5) is 0 Å². The first kappa shape index (κ1) is 25.5. The third-order valence-electron chi connectivity index (χ3n) is 4.84. The Labute approximate surface area is 183 Å². The molecule has 162 valence electrons. The van der Waals surface area contributed by atoms with Gasteiger partial charge in [0, 0.05) is 23.0 Å². The Morgan fingerprint density at radius 1 is 1.21 bits per heavy atom. The summed E-state index contributed by atoms with van der Waals surface area (Å²) in [5.41, 5.74) is 9.71. The van der Waals surface area contributed by atoms with Gasteiger partial charge in [-0.05, 0) is 71.7 Å². The average Bonchev–Trinajstić information content (AvgIpc) is 2.71. The molecule has 3 nitrogen and oxygen atoms in total. The molecule has 0 saturated heterocycles. The van der Waals surface area contributed by atoms with Gasteiger partial charge in [0.15, 0.2) is 0 Å². The minimum Gasteiger partial charge on any atom is -0.401 e. The largest absolute Gasteiger partial charge is 0.401 e. The van der Waals surface area contributed by atoms with Crippen molar-refractivity contribution in [1.82, 2.24) is 10.2 Å².